The van der Waals surface area contributed by atoms with Gasteiger partial charge in [-0.05, 0) is 30.2 Å². The predicted molar refractivity (Wildman–Crippen MR) is 79.1 cm³/mol. The third kappa shape index (κ3) is 3.03. The van der Waals surface area contributed by atoms with Gasteiger partial charge >= 0.3 is 6.18 Å². The lowest BCUT2D eigenvalue weighted by atomic mass is 9.91. The molecule has 1 unspecified atom stereocenters. The molecule has 2 aromatic carbocycles. The summed E-state index contributed by atoms with van der Waals surface area (Å²) in [4.78, 5) is 0. The molecule has 0 aliphatic heterocycles. The average Bonchev–Trinajstić information content (AvgIpc) is 2.45. The van der Waals surface area contributed by atoms with Crippen LogP contribution in [-0.2, 0) is 5.60 Å². The van der Waals surface area contributed by atoms with Crippen LogP contribution in [0.2, 0.25) is 5.02 Å². The van der Waals surface area contributed by atoms with E-state index in [1.54, 1.807) is 18.2 Å². The van der Waals surface area contributed by atoms with Crippen molar-refractivity contribution >= 4 is 17.3 Å². The number of nitrogen functional groups attached to an aromatic ring is 1. The molecule has 0 aliphatic rings. The van der Waals surface area contributed by atoms with Crippen molar-refractivity contribution in [1.82, 2.24) is 0 Å². The van der Waals surface area contributed by atoms with Gasteiger partial charge in [-0.1, -0.05) is 41.8 Å². The Morgan fingerprint density at radius 1 is 1.00 bits per heavy atom. The number of aliphatic hydroxyl groups is 1. The molecule has 22 heavy (non-hydrogen) atoms. The first-order chi connectivity index (χ1) is 10.3. The molecule has 3 N–H and O–H groups in total. The van der Waals surface area contributed by atoms with Crippen molar-refractivity contribution in [2.24, 2.45) is 0 Å². The molecule has 114 valence electrons. The van der Waals surface area contributed by atoms with E-state index >= 15 is 0 Å². The van der Waals surface area contributed by atoms with Crippen molar-refractivity contribution in [1.29, 1.82) is 0 Å². The lowest BCUT2D eigenvalue weighted by Gasteiger charge is -2.27. The maximum absolute atomic E-state index is 13.4. The molecule has 0 fully saturated rings. The monoisotopic (exact) mass is 325 g/mol. The van der Waals surface area contributed by atoms with E-state index in [0.717, 1.165) is 0 Å². The number of hydrogen-bond acceptors (Lipinski definition) is 2. The smallest absolute Gasteiger partial charge is 0.398 e. The number of halogens is 4. The lowest BCUT2D eigenvalue weighted by molar-refractivity contribution is -0.240. The number of rotatable bonds is 1. The van der Waals surface area contributed by atoms with E-state index in [2.05, 4.69) is 5.92 Å². The summed E-state index contributed by atoms with van der Waals surface area (Å²) >= 11 is 5.79. The number of hydrogen-bond donors (Lipinski definition) is 2. The first kappa shape index (κ1) is 16.2. The standard InChI is InChI=1S/C16H11ClF3NO/c17-12-7-4-8-13(21)14(12)15(22,16(18,19)20)10-9-11-5-2-1-3-6-11/h1-8,22H,21H2. The van der Waals surface area contributed by atoms with Crippen molar-refractivity contribution < 1.29 is 18.3 Å². The van der Waals surface area contributed by atoms with E-state index in [-0.39, 0.29) is 10.7 Å². The van der Waals surface area contributed by atoms with Crippen LogP contribution in [0.25, 0.3) is 0 Å². The highest BCUT2D eigenvalue weighted by molar-refractivity contribution is 6.32. The second-order valence-corrected chi connectivity index (χ2v) is 4.94. The Morgan fingerprint density at radius 2 is 1.64 bits per heavy atom. The Balaban J connectivity index is 2.63. The third-order valence-electron chi connectivity index (χ3n) is 2.98. The summed E-state index contributed by atoms with van der Waals surface area (Å²) in [6.07, 6.45) is -5.06. The van der Waals surface area contributed by atoms with Crippen LogP contribution in [0.1, 0.15) is 11.1 Å². The normalized spacial score (nSPS) is 13.9. The van der Waals surface area contributed by atoms with E-state index < -0.39 is 17.3 Å². The summed E-state index contributed by atoms with van der Waals surface area (Å²) in [5.41, 5.74) is 1.49. The summed E-state index contributed by atoms with van der Waals surface area (Å²) in [6, 6.07) is 11.8. The zero-order valence-corrected chi connectivity index (χ0v) is 11.9. The fourth-order valence-electron chi connectivity index (χ4n) is 1.88. The third-order valence-corrected chi connectivity index (χ3v) is 3.29. The van der Waals surface area contributed by atoms with Crippen LogP contribution in [0.15, 0.2) is 48.5 Å². The van der Waals surface area contributed by atoms with Crippen molar-refractivity contribution in [3.8, 4) is 11.8 Å². The van der Waals surface area contributed by atoms with Crippen LogP contribution in [0, 0.1) is 11.8 Å². The molecule has 0 heterocycles. The summed E-state index contributed by atoms with van der Waals surface area (Å²) < 4.78 is 40.2. The number of alkyl halides is 3. The second kappa shape index (κ2) is 5.91. The summed E-state index contributed by atoms with van der Waals surface area (Å²) in [6.45, 7) is 0. The van der Waals surface area contributed by atoms with Gasteiger partial charge in [0.15, 0.2) is 0 Å². The minimum atomic E-state index is -5.06. The quantitative estimate of drug-likeness (QED) is 0.620. The molecule has 0 amide bonds. The topological polar surface area (TPSA) is 46.2 Å². The Hall–Kier alpha value is -2.16. The summed E-state index contributed by atoms with van der Waals surface area (Å²) in [5.74, 6) is 4.18. The molecule has 2 aromatic rings. The molecule has 1 atom stereocenters. The fraction of sp³-hybridized carbons (Fsp3) is 0.125. The zero-order chi connectivity index (χ0) is 16.4. The van der Waals surface area contributed by atoms with Gasteiger partial charge in [0.25, 0.3) is 5.60 Å². The van der Waals surface area contributed by atoms with Crippen LogP contribution < -0.4 is 5.73 Å². The van der Waals surface area contributed by atoms with E-state index in [9.17, 15) is 18.3 Å². The van der Waals surface area contributed by atoms with Gasteiger partial charge in [0.05, 0.1) is 5.02 Å². The minimum Gasteiger partial charge on any atom is -0.398 e. The SMILES string of the molecule is Nc1cccc(Cl)c1C(O)(C#Cc1ccccc1)C(F)(F)F. The highest BCUT2D eigenvalue weighted by atomic mass is 35.5. The highest BCUT2D eigenvalue weighted by Crippen LogP contribution is 2.43. The van der Waals surface area contributed by atoms with Gasteiger partial charge in [-0.3, -0.25) is 0 Å². The number of nitrogens with two attached hydrogens (primary N) is 1. The lowest BCUT2D eigenvalue weighted by Crippen LogP contribution is -2.42. The van der Waals surface area contributed by atoms with Gasteiger partial charge in [-0.2, -0.15) is 13.2 Å². The van der Waals surface area contributed by atoms with Gasteiger partial charge in [0.1, 0.15) is 0 Å². The molecule has 0 bridgehead atoms. The molecule has 2 nitrogen and oxygen atoms in total. The van der Waals surface area contributed by atoms with Crippen LogP contribution in [0.3, 0.4) is 0 Å². The molecule has 0 saturated heterocycles. The van der Waals surface area contributed by atoms with Gasteiger partial charge in [0.2, 0.25) is 0 Å². The molecule has 0 spiro atoms. The van der Waals surface area contributed by atoms with E-state index in [0.29, 0.717) is 5.56 Å². The van der Waals surface area contributed by atoms with Crippen molar-refractivity contribution in [2.45, 2.75) is 11.8 Å². The average molecular weight is 326 g/mol. The molecule has 2 rings (SSSR count). The van der Waals surface area contributed by atoms with Crippen molar-refractivity contribution in [3.05, 3.63) is 64.7 Å². The van der Waals surface area contributed by atoms with Crippen molar-refractivity contribution in [2.75, 3.05) is 5.73 Å². The fourth-order valence-corrected chi connectivity index (χ4v) is 2.20. The second-order valence-electron chi connectivity index (χ2n) is 4.53. The molecular weight excluding hydrogens is 315 g/mol. The van der Waals surface area contributed by atoms with Gasteiger partial charge in [-0.25, -0.2) is 0 Å². The molecule has 0 aromatic heterocycles. The first-order valence-electron chi connectivity index (χ1n) is 6.17. The Morgan fingerprint density at radius 3 is 2.18 bits per heavy atom. The summed E-state index contributed by atoms with van der Waals surface area (Å²) in [7, 11) is 0. The van der Waals surface area contributed by atoms with Crippen LogP contribution in [0.5, 0.6) is 0 Å². The molecule has 0 radical (unpaired) electrons. The van der Waals surface area contributed by atoms with Crippen molar-refractivity contribution in [3.63, 3.8) is 0 Å². The van der Waals surface area contributed by atoms with Gasteiger partial charge < -0.3 is 10.8 Å². The van der Waals surface area contributed by atoms with Gasteiger partial charge in [0, 0.05) is 16.8 Å². The maximum atomic E-state index is 13.4. The van der Waals surface area contributed by atoms with Crippen LogP contribution >= 0.6 is 11.6 Å². The van der Waals surface area contributed by atoms with E-state index in [1.807, 2.05) is 5.92 Å². The number of benzene rings is 2. The van der Waals surface area contributed by atoms with Crippen LogP contribution in [-0.4, -0.2) is 11.3 Å². The Kier molecular flexibility index (Phi) is 4.36. The van der Waals surface area contributed by atoms with Gasteiger partial charge in [-0.15, -0.1) is 0 Å². The minimum absolute atomic E-state index is 0.283. The van der Waals surface area contributed by atoms with E-state index in [4.69, 9.17) is 17.3 Å². The number of anilines is 1. The van der Waals surface area contributed by atoms with E-state index in [1.165, 1.54) is 30.3 Å². The predicted octanol–water partition coefficient (Wildman–Crippen LogP) is 3.72. The molecule has 0 aliphatic carbocycles. The molecule has 0 saturated carbocycles. The summed E-state index contributed by atoms with van der Waals surface area (Å²) in [5, 5.41) is 9.88. The molecule has 6 heteroatoms. The maximum Gasteiger partial charge on any atom is 0.433 e. The molecular formula is C16H11ClF3NO. The first-order valence-corrected chi connectivity index (χ1v) is 6.55. The Bertz CT molecular complexity index is 714. The zero-order valence-electron chi connectivity index (χ0n) is 11.2. The van der Waals surface area contributed by atoms with Crippen LogP contribution in [0.4, 0.5) is 18.9 Å². The highest BCUT2D eigenvalue weighted by Gasteiger charge is 2.56. The largest absolute Gasteiger partial charge is 0.433 e. The Labute approximate surface area is 130 Å².